The number of carbonyl (C=O) groups is 1. The number of rotatable bonds is 4. The SMILES string of the molecule is CC(C)CCOC(=O)c1cc(Br)cnc1Cl. The average Bonchev–Trinajstić information content (AvgIpc) is 2.21. The average molecular weight is 307 g/mol. The van der Waals surface area contributed by atoms with Crippen molar-refractivity contribution in [2.45, 2.75) is 20.3 Å². The molecule has 1 rings (SSSR count). The lowest BCUT2D eigenvalue weighted by atomic mass is 10.1. The van der Waals surface area contributed by atoms with Crippen LogP contribution in [0, 0.1) is 5.92 Å². The zero-order valence-corrected chi connectivity index (χ0v) is 11.5. The summed E-state index contributed by atoms with van der Waals surface area (Å²) in [5.41, 5.74) is 0.291. The van der Waals surface area contributed by atoms with Crippen molar-refractivity contribution < 1.29 is 9.53 Å². The number of hydrogen-bond donors (Lipinski definition) is 0. The van der Waals surface area contributed by atoms with E-state index in [4.69, 9.17) is 16.3 Å². The Labute approximate surface area is 108 Å². The highest BCUT2D eigenvalue weighted by atomic mass is 79.9. The summed E-state index contributed by atoms with van der Waals surface area (Å²) in [4.78, 5) is 15.5. The van der Waals surface area contributed by atoms with E-state index in [-0.39, 0.29) is 5.15 Å². The summed E-state index contributed by atoms with van der Waals surface area (Å²) < 4.78 is 5.79. The van der Waals surface area contributed by atoms with Gasteiger partial charge >= 0.3 is 5.97 Å². The van der Waals surface area contributed by atoms with Crippen molar-refractivity contribution >= 4 is 33.5 Å². The van der Waals surface area contributed by atoms with Crippen molar-refractivity contribution in [1.29, 1.82) is 0 Å². The molecule has 0 saturated carbocycles. The third-order valence-corrected chi connectivity index (χ3v) is 2.69. The molecule has 0 atom stereocenters. The number of aromatic nitrogens is 1. The molecule has 0 spiro atoms. The van der Waals surface area contributed by atoms with Gasteiger partial charge in [0.05, 0.1) is 12.2 Å². The van der Waals surface area contributed by atoms with E-state index in [1.165, 1.54) is 6.20 Å². The maximum atomic E-state index is 11.6. The van der Waals surface area contributed by atoms with Gasteiger partial charge in [0.1, 0.15) is 5.15 Å². The molecule has 0 radical (unpaired) electrons. The molecule has 0 amide bonds. The van der Waals surface area contributed by atoms with Crippen molar-refractivity contribution in [3.63, 3.8) is 0 Å². The first-order valence-corrected chi connectivity index (χ1v) is 6.16. The maximum absolute atomic E-state index is 11.6. The fourth-order valence-electron chi connectivity index (χ4n) is 1.03. The van der Waals surface area contributed by atoms with E-state index in [1.807, 2.05) is 0 Å². The lowest BCUT2D eigenvalue weighted by Crippen LogP contribution is -2.09. The monoisotopic (exact) mass is 305 g/mol. The van der Waals surface area contributed by atoms with Gasteiger partial charge in [-0.1, -0.05) is 25.4 Å². The minimum absolute atomic E-state index is 0.165. The third kappa shape index (κ3) is 4.10. The number of pyridine rings is 1. The molecule has 3 nitrogen and oxygen atoms in total. The van der Waals surface area contributed by atoms with Gasteiger partial charge in [-0.25, -0.2) is 9.78 Å². The number of nitrogens with zero attached hydrogens (tertiary/aromatic N) is 1. The van der Waals surface area contributed by atoms with Crippen LogP contribution < -0.4 is 0 Å². The quantitative estimate of drug-likeness (QED) is 0.629. The second-order valence-corrected chi connectivity index (χ2v) is 5.08. The molecule has 0 aliphatic rings. The van der Waals surface area contributed by atoms with E-state index < -0.39 is 5.97 Å². The van der Waals surface area contributed by atoms with E-state index in [9.17, 15) is 4.79 Å². The fourth-order valence-corrected chi connectivity index (χ4v) is 1.54. The van der Waals surface area contributed by atoms with Crippen LogP contribution in [0.25, 0.3) is 0 Å². The summed E-state index contributed by atoms with van der Waals surface area (Å²) in [6.45, 7) is 4.54. The standard InChI is InChI=1S/C11H13BrClNO2/c1-7(2)3-4-16-11(15)9-5-8(12)6-14-10(9)13/h5-7H,3-4H2,1-2H3. The van der Waals surface area contributed by atoms with E-state index in [2.05, 4.69) is 34.8 Å². The summed E-state index contributed by atoms with van der Waals surface area (Å²) in [6, 6.07) is 1.60. The van der Waals surface area contributed by atoms with E-state index in [1.54, 1.807) is 6.07 Å². The lowest BCUT2D eigenvalue weighted by molar-refractivity contribution is 0.0488. The Balaban J connectivity index is 2.62. The highest BCUT2D eigenvalue weighted by Crippen LogP contribution is 2.19. The van der Waals surface area contributed by atoms with E-state index >= 15 is 0 Å². The molecule has 0 N–H and O–H groups in total. The number of carbonyl (C=O) groups excluding carboxylic acids is 1. The normalized spacial score (nSPS) is 10.6. The molecule has 0 aromatic carbocycles. The minimum atomic E-state index is -0.431. The van der Waals surface area contributed by atoms with E-state index in [0.717, 1.165) is 6.42 Å². The molecule has 0 aliphatic heterocycles. The summed E-state index contributed by atoms with van der Waals surface area (Å²) in [7, 11) is 0. The fraction of sp³-hybridized carbons (Fsp3) is 0.455. The number of ether oxygens (including phenoxy) is 1. The third-order valence-electron chi connectivity index (χ3n) is 1.95. The highest BCUT2D eigenvalue weighted by molar-refractivity contribution is 9.10. The first kappa shape index (κ1) is 13.5. The topological polar surface area (TPSA) is 39.2 Å². The van der Waals surface area contributed by atoms with Crippen LogP contribution in [0.2, 0.25) is 5.15 Å². The number of halogens is 2. The van der Waals surface area contributed by atoms with Gasteiger partial charge in [-0.2, -0.15) is 0 Å². The van der Waals surface area contributed by atoms with Crippen LogP contribution in [0.4, 0.5) is 0 Å². The van der Waals surface area contributed by atoms with Crippen molar-refractivity contribution in [3.05, 3.63) is 27.5 Å². The van der Waals surface area contributed by atoms with Gasteiger partial charge in [-0.05, 0) is 34.3 Å². The predicted octanol–water partition coefficient (Wildman–Crippen LogP) is 3.70. The largest absolute Gasteiger partial charge is 0.462 e. The first-order valence-electron chi connectivity index (χ1n) is 4.99. The number of esters is 1. The molecular formula is C11H13BrClNO2. The second kappa shape index (κ2) is 6.21. The van der Waals surface area contributed by atoms with Gasteiger partial charge in [0.15, 0.2) is 0 Å². The molecule has 1 heterocycles. The van der Waals surface area contributed by atoms with Crippen molar-refractivity contribution in [2.75, 3.05) is 6.61 Å². The molecular weight excluding hydrogens is 293 g/mol. The molecule has 0 bridgehead atoms. The molecule has 88 valence electrons. The Morgan fingerprint density at radius 1 is 1.62 bits per heavy atom. The van der Waals surface area contributed by atoms with Crippen molar-refractivity contribution in [3.8, 4) is 0 Å². The highest BCUT2D eigenvalue weighted by Gasteiger charge is 2.13. The molecule has 1 aromatic heterocycles. The summed E-state index contributed by atoms with van der Waals surface area (Å²) in [5, 5.41) is 0.165. The van der Waals surface area contributed by atoms with Crippen LogP contribution in [0.3, 0.4) is 0 Å². The van der Waals surface area contributed by atoms with Crippen LogP contribution in [0.15, 0.2) is 16.7 Å². The zero-order valence-electron chi connectivity index (χ0n) is 9.17. The van der Waals surface area contributed by atoms with Crippen LogP contribution in [-0.2, 0) is 4.74 Å². The van der Waals surface area contributed by atoms with E-state index in [0.29, 0.717) is 22.6 Å². The maximum Gasteiger partial charge on any atom is 0.341 e. The Morgan fingerprint density at radius 3 is 2.94 bits per heavy atom. The van der Waals surface area contributed by atoms with Gasteiger partial charge in [0.25, 0.3) is 0 Å². The van der Waals surface area contributed by atoms with Gasteiger partial charge in [0.2, 0.25) is 0 Å². The predicted molar refractivity (Wildman–Crippen MR) is 66.7 cm³/mol. The van der Waals surface area contributed by atoms with Crippen LogP contribution >= 0.6 is 27.5 Å². The molecule has 0 fully saturated rings. The van der Waals surface area contributed by atoms with Crippen LogP contribution in [-0.4, -0.2) is 17.6 Å². The molecule has 0 saturated heterocycles. The Hall–Kier alpha value is -0.610. The Kier molecular flexibility index (Phi) is 5.22. The first-order chi connectivity index (χ1) is 7.50. The molecule has 16 heavy (non-hydrogen) atoms. The van der Waals surface area contributed by atoms with Crippen molar-refractivity contribution in [1.82, 2.24) is 4.98 Å². The smallest absolute Gasteiger partial charge is 0.341 e. The summed E-state index contributed by atoms with van der Waals surface area (Å²) >= 11 is 9.03. The van der Waals surface area contributed by atoms with Gasteiger partial charge in [-0.3, -0.25) is 0 Å². The molecule has 5 heteroatoms. The summed E-state index contributed by atoms with van der Waals surface area (Å²) in [6.07, 6.45) is 2.37. The second-order valence-electron chi connectivity index (χ2n) is 3.81. The lowest BCUT2D eigenvalue weighted by Gasteiger charge is -2.07. The van der Waals surface area contributed by atoms with Crippen molar-refractivity contribution in [2.24, 2.45) is 5.92 Å². The molecule has 0 unspecified atom stereocenters. The minimum Gasteiger partial charge on any atom is -0.462 e. The molecule has 0 aliphatic carbocycles. The molecule has 1 aromatic rings. The van der Waals surface area contributed by atoms with Gasteiger partial charge < -0.3 is 4.74 Å². The number of hydrogen-bond acceptors (Lipinski definition) is 3. The van der Waals surface area contributed by atoms with Crippen LogP contribution in [0.5, 0.6) is 0 Å². The summed E-state index contributed by atoms with van der Waals surface area (Å²) in [5.74, 6) is 0.0726. The van der Waals surface area contributed by atoms with Gasteiger partial charge in [-0.15, -0.1) is 0 Å². The Morgan fingerprint density at radius 2 is 2.31 bits per heavy atom. The van der Waals surface area contributed by atoms with Crippen LogP contribution in [0.1, 0.15) is 30.6 Å². The zero-order chi connectivity index (χ0) is 12.1. The Bertz CT molecular complexity index is 382. The van der Waals surface area contributed by atoms with Gasteiger partial charge in [0, 0.05) is 10.7 Å².